The van der Waals surface area contributed by atoms with Crippen molar-refractivity contribution in [3.05, 3.63) is 35.1 Å². The maximum atomic E-state index is 12.7. The summed E-state index contributed by atoms with van der Waals surface area (Å²) in [4.78, 5) is 26.6. The van der Waals surface area contributed by atoms with Crippen molar-refractivity contribution in [1.29, 1.82) is 0 Å². The van der Waals surface area contributed by atoms with Gasteiger partial charge in [0, 0.05) is 18.0 Å². The lowest BCUT2D eigenvalue weighted by atomic mass is 9.50. The first-order chi connectivity index (χ1) is 15.6. The number of aliphatic hydroxyl groups is 2. The number of hydrogen-bond donors (Lipinski definition) is 2. The van der Waals surface area contributed by atoms with Crippen molar-refractivity contribution >= 4 is 11.9 Å². The zero-order chi connectivity index (χ0) is 23.7. The number of piperidine rings is 1. The third-order valence-corrected chi connectivity index (χ3v) is 7.74. The fourth-order valence-electron chi connectivity index (χ4n) is 6.11. The SMILES string of the molecule is COc1ccc2c3c1OC1C(OC(=O)[C@H](C)OC(=O)[C@H](C)O)=CC[C@@]4(O)[C@@H](C2)N(C)CCC314. The van der Waals surface area contributed by atoms with Gasteiger partial charge in [0.25, 0.3) is 0 Å². The topological polar surface area (TPSA) is 115 Å². The molecule has 1 saturated heterocycles. The fraction of sp³-hybridized carbons (Fsp3) is 0.583. The Morgan fingerprint density at radius 1 is 1.27 bits per heavy atom. The van der Waals surface area contributed by atoms with E-state index in [-0.39, 0.29) is 6.04 Å². The average Bonchev–Trinajstić information content (AvgIpc) is 3.13. The number of esters is 2. The summed E-state index contributed by atoms with van der Waals surface area (Å²) in [7, 11) is 3.59. The summed E-state index contributed by atoms with van der Waals surface area (Å²) >= 11 is 0. The molecule has 0 radical (unpaired) electrons. The van der Waals surface area contributed by atoms with Crippen molar-refractivity contribution in [1.82, 2.24) is 4.90 Å². The number of ether oxygens (including phenoxy) is 4. The van der Waals surface area contributed by atoms with Gasteiger partial charge < -0.3 is 34.1 Å². The molecular formula is C24H29NO8. The van der Waals surface area contributed by atoms with Crippen molar-refractivity contribution in [3.63, 3.8) is 0 Å². The number of benzene rings is 1. The van der Waals surface area contributed by atoms with Crippen molar-refractivity contribution < 1.29 is 38.7 Å². The molecule has 2 unspecified atom stereocenters. The van der Waals surface area contributed by atoms with E-state index in [0.29, 0.717) is 36.5 Å². The number of rotatable bonds is 5. The molecule has 2 heterocycles. The third kappa shape index (κ3) is 2.88. The van der Waals surface area contributed by atoms with Gasteiger partial charge in [0.15, 0.2) is 23.7 Å². The zero-order valence-electron chi connectivity index (χ0n) is 19.2. The van der Waals surface area contributed by atoms with Crippen LogP contribution in [-0.2, 0) is 30.9 Å². The smallest absolute Gasteiger partial charge is 0.352 e. The first kappa shape index (κ1) is 22.2. The summed E-state index contributed by atoms with van der Waals surface area (Å²) in [5.41, 5.74) is 0.149. The highest BCUT2D eigenvalue weighted by molar-refractivity contribution is 5.81. The largest absolute Gasteiger partial charge is 0.493 e. The molecule has 2 bridgehead atoms. The quantitative estimate of drug-likeness (QED) is 0.618. The molecule has 2 N–H and O–H groups in total. The molecule has 178 valence electrons. The molecule has 4 aliphatic rings. The molecule has 1 aromatic rings. The first-order valence-corrected chi connectivity index (χ1v) is 11.2. The molecule has 0 saturated carbocycles. The van der Waals surface area contributed by atoms with E-state index >= 15 is 0 Å². The predicted octanol–water partition coefficient (Wildman–Crippen LogP) is 0.829. The molecule has 9 nitrogen and oxygen atoms in total. The van der Waals surface area contributed by atoms with Crippen LogP contribution < -0.4 is 9.47 Å². The number of hydrogen-bond acceptors (Lipinski definition) is 9. The minimum Gasteiger partial charge on any atom is -0.493 e. The summed E-state index contributed by atoms with van der Waals surface area (Å²) in [6.07, 6.45) is 0.0303. The van der Waals surface area contributed by atoms with Gasteiger partial charge in [-0.1, -0.05) is 6.07 Å². The van der Waals surface area contributed by atoms with Gasteiger partial charge in [0.2, 0.25) is 0 Å². The van der Waals surface area contributed by atoms with Crippen molar-refractivity contribution in [2.24, 2.45) is 0 Å². The summed E-state index contributed by atoms with van der Waals surface area (Å²) in [5, 5.41) is 21.5. The second-order valence-electron chi connectivity index (χ2n) is 9.46. The molecule has 2 aliphatic carbocycles. The Labute approximate surface area is 191 Å². The van der Waals surface area contributed by atoms with Gasteiger partial charge in [-0.15, -0.1) is 0 Å². The second-order valence-corrected chi connectivity index (χ2v) is 9.46. The van der Waals surface area contributed by atoms with E-state index in [1.54, 1.807) is 13.2 Å². The number of methoxy groups -OCH3 is 1. The van der Waals surface area contributed by atoms with Gasteiger partial charge in [-0.2, -0.15) is 0 Å². The summed E-state index contributed by atoms with van der Waals surface area (Å²) in [6, 6.07) is 3.79. The Hall–Kier alpha value is -2.62. The normalized spacial score (nSPS) is 33.2. The van der Waals surface area contributed by atoms with Crippen molar-refractivity contribution in [2.75, 3.05) is 20.7 Å². The number of likely N-dealkylation sites (N-methyl/N-ethyl adjacent to an activating group) is 1. The van der Waals surface area contributed by atoms with Crippen LogP contribution in [0.3, 0.4) is 0 Å². The van der Waals surface area contributed by atoms with Crippen LogP contribution in [0, 0.1) is 0 Å². The zero-order valence-corrected chi connectivity index (χ0v) is 19.2. The van der Waals surface area contributed by atoms with E-state index in [1.807, 2.05) is 19.2 Å². The first-order valence-electron chi connectivity index (χ1n) is 11.2. The third-order valence-electron chi connectivity index (χ3n) is 7.74. The Morgan fingerprint density at radius 3 is 2.73 bits per heavy atom. The van der Waals surface area contributed by atoms with Gasteiger partial charge in [0.05, 0.1) is 18.1 Å². The lowest BCUT2D eigenvalue weighted by molar-refractivity contribution is -0.177. The molecule has 0 aromatic heterocycles. The molecule has 6 atom stereocenters. The van der Waals surface area contributed by atoms with E-state index in [1.165, 1.54) is 13.8 Å². The minimum atomic E-state index is -1.35. The van der Waals surface area contributed by atoms with E-state index in [4.69, 9.17) is 18.9 Å². The number of nitrogens with zero attached hydrogens (tertiary/aromatic N) is 1. The van der Waals surface area contributed by atoms with E-state index < -0.39 is 41.3 Å². The Morgan fingerprint density at radius 2 is 2.03 bits per heavy atom. The standard InChI is InChI=1S/C24H29NO8/c1-12(26)21(27)31-13(2)22(28)32-16-7-8-24(29)17-11-14-5-6-15(30-4)19-18(14)23(24,20(16)33-19)9-10-25(17)3/h5-7,12-13,17,20,26,29H,8-11H2,1-4H3/t12-,13-,17+,20?,23?,24+/m0/s1. The van der Waals surface area contributed by atoms with Crippen LogP contribution in [0.15, 0.2) is 24.0 Å². The van der Waals surface area contributed by atoms with Gasteiger partial charge >= 0.3 is 11.9 Å². The van der Waals surface area contributed by atoms with E-state index in [2.05, 4.69) is 4.90 Å². The van der Waals surface area contributed by atoms with Gasteiger partial charge in [-0.25, -0.2) is 9.59 Å². The van der Waals surface area contributed by atoms with Crippen LogP contribution >= 0.6 is 0 Å². The van der Waals surface area contributed by atoms with Crippen LogP contribution in [0.2, 0.25) is 0 Å². The lowest BCUT2D eigenvalue weighted by Gasteiger charge is -2.61. The summed E-state index contributed by atoms with van der Waals surface area (Å²) in [5.74, 6) is -0.237. The average molecular weight is 459 g/mol. The molecule has 1 fully saturated rings. The highest BCUT2D eigenvalue weighted by Gasteiger charge is 2.72. The maximum absolute atomic E-state index is 12.7. The van der Waals surface area contributed by atoms with Crippen LogP contribution in [-0.4, -0.2) is 77.7 Å². The summed E-state index contributed by atoms with van der Waals surface area (Å²) < 4.78 is 22.7. The molecule has 9 heteroatoms. The molecular weight excluding hydrogens is 430 g/mol. The second kappa shape index (κ2) is 7.44. The molecule has 5 rings (SSSR count). The summed E-state index contributed by atoms with van der Waals surface area (Å²) in [6.45, 7) is 3.41. The predicted molar refractivity (Wildman–Crippen MR) is 115 cm³/mol. The Bertz CT molecular complexity index is 1050. The van der Waals surface area contributed by atoms with Crippen LogP contribution in [0.4, 0.5) is 0 Å². The molecule has 33 heavy (non-hydrogen) atoms. The van der Waals surface area contributed by atoms with Gasteiger partial charge in [0.1, 0.15) is 11.9 Å². The maximum Gasteiger partial charge on any atom is 0.352 e. The van der Waals surface area contributed by atoms with Gasteiger partial charge in [-0.3, -0.25) is 0 Å². The molecule has 2 aliphatic heterocycles. The number of aliphatic hydroxyl groups excluding tert-OH is 1. The number of carbonyl (C=O) groups excluding carboxylic acids is 2. The van der Waals surface area contributed by atoms with Gasteiger partial charge in [-0.05, 0) is 58.0 Å². The fourth-order valence-corrected chi connectivity index (χ4v) is 6.11. The van der Waals surface area contributed by atoms with E-state index in [9.17, 15) is 19.8 Å². The molecule has 1 spiro atoms. The van der Waals surface area contributed by atoms with Crippen LogP contribution in [0.1, 0.15) is 37.8 Å². The minimum absolute atomic E-state index is 0.108. The molecule has 1 aromatic carbocycles. The van der Waals surface area contributed by atoms with Crippen molar-refractivity contribution in [2.45, 2.75) is 68.5 Å². The van der Waals surface area contributed by atoms with E-state index in [0.717, 1.165) is 17.7 Å². The Kier molecular flexibility index (Phi) is 5.00. The van der Waals surface area contributed by atoms with Crippen LogP contribution in [0.5, 0.6) is 11.5 Å². The monoisotopic (exact) mass is 459 g/mol. The number of carbonyl (C=O) groups is 2. The highest BCUT2D eigenvalue weighted by atomic mass is 16.6. The highest BCUT2D eigenvalue weighted by Crippen LogP contribution is 2.65. The lowest BCUT2D eigenvalue weighted by Crippen LogP contribution is -2.74. The number of likely N-dealkylation sites (tertiary alicyclic amines) is 1. The molecule has 0 amide bonds. The Balaban J connectivity index is 1.54. The van der Waals surface area contributed by atoms with Crippen LogP contribution in [0.25, 0.3) is 0 Å². The van der Waals surface area contributed by atoms with Crippen molar-refractivity contribution in [3.8, 4) is 11.5 Å².